The minimum Gasteiger partial charge on any atom is -0.493 e. The Labute approximate surface area is 480 Å². The third kappa shape index (κ3) is 12.8. The van der Waals surface area contributed by atoms with E-state index in [4.69, 9.17) is 51.5 Å². The molecule has 0 radical (unpaired) electrons. The van der Waals surface area contributed by atoms with Crippen LogP contribution in [-0.4, -0.2) is 68.3 Å². The van der Waals surface area contributed by atoms with Crippen molar-refractivity contribution in [1.29, 1.82) is 5.26 Å². The molecule has 0 bridgehead atoms. The molecule has 0 amide bonds. The predicted molar refractivity (Wildman–Crippen MR) is 299 cm³/mol. The molecular formula is C63H78NO17P. The van der Waals surface area contributed by atoms with E-state index in [1.54, 1.807) is 24.3 Å². The highest BCUT2D eigenvalue weighted by atomic mass is 31.2. The van der Waals surface area contributed by atoms with Crippen molar-refractivity contribution in [1.82, 2.24) is 0 Å². The molecule has 18 nitrogen and oxygen atoms in total. The molecule has 0 saturated heterocycles. The summed E-state index contributed by atoms with van der Waals surface area (Å²) in [5.74, 6) is 0.684. The predicted octanol–water partition coefficient (Wildman–Crippen LogP) is 13.1. The molecule has 3 aromatic carbocycles. The number of phosphoric ester groups is 1. The maximum Gasteiger partial charge on any atom is 0.475 e. The van der Waals surface area contributed by atoms with Crippen LogP contribution >= 0.6 is 7.82 Å². The standard InChI is InChI=1S/C63H78NO17P/c1-35(2)13-11-14-36(3)47-19-20-48-46-18-17-43-31-44(23-25-62(43,8)49(46)24-26-63(47,48)9)81-82(70,72-28-12-27-64)73-34-56-59(41-15-21-50(75-38(5)66)52(29-41)71-10)79-53-30-42(16-22-51(53)78-56)60-61(77-40(7)68)58(69)57-54(76-39(6)67)32-45(74-37(4)65)33-55(57)80-60/h15-17,21-22,29-30,32-33,35-36,44,46-49,56,59-61H,11-14,18-20,23-26,28,31,34H2,1-10H3/t36-,44+,46+,47-,48+,49+,56?,59?,60-,61+,62+,63-,82?/m1/s1. The molecule has 19 heteroatoms. The number of fused-ring (bicyclic) bond motifs is 7. The molecule has 2 aliphatic heterocycles. The Kier molecular flexibility index (Phi) is 18.3. The average Bonchev–Trinajstić information content (AvgIpc) is 2.56. The van der Waals surface area contributed by atoms with E-state index in [-0.39, 0.29) is 69.8 Å². The van der Waals surface area contributed by atoms with E-state index in [2.05, 4.69) is 40.7 Å². The molecule has 3 unspecified atom stereocenters. The second-order valence-electron chi connectivity index (χ2n) is 24.1. The zero-order chi connectivity index (χ0) is 58.8. The van der Waals surface area contributed by atoms with Crippen LogP contribution in [0, 0.1) is 57.7 Å². The lowest BCUT2D eigenvalue weighted by Crippen LogP contribution is -2.51. The molecule has 6 aliphatic rings. The fraction of sp³-hybridized carbons (Fsp3) is 0.587. The highest BCUT2D eigenvalue weighted by Crippen LogP contribution is 2.68. The Morgan fingerprint density at radius 3 is 2.18 bits per heavy atom. The van der Waals surface area contributed by atoms with Gasteiger partial charge in [0.25, 0.3) is 0 Å². The van der Waals surface area contributed by atoms with E-state index in [9.17, 15) is 29.2 Å². The number of Topliss-reactive ketones (excluding diaryl/α,β-unsaturated/α-hetero) is 1. The summed E-state index contributed by atoms with van der Waals surface area (Å²) in [7, 11) is -3.01. The van der Waals surface area contributed by atoms with Crippen LogP contribution in [-0.2, 0) is 42.1 Å². The Morgan fingerprint density at radius 2 is 1.48 bits per heavy atom. The third-order valence-corrected chi connectivity index (χ3v) is 19.7. The molecule has 3 aromatic rings. The summed E-state index contributed by atoms with van der Waals surface area (Å²) in [6, 6.07) is 14.0. The van der Waals surface area contributed by atoms with E-state index in [0.29, 0.717) is 41.6 Å². The zero-order valence-corrected chi connectivity index (χ0v) is 49.7. The monoisotopic (exact) mass is 1150 g/mol. The molecule has 3 saturated carbocycles. The average molecular weight is 1150 g/mol. The van der Waals surface area contributed by atoms with Crippen LogP contribution in [0.15, 0.2) is 60.2 Å². The van der Waals surface area contributed by atoms with Crippen LogP contribution in [0.2, 0.25) is 0 Å². The number of methoxy groups -OCH3 is 1. The molecule has 442 valence electrons. The first kappa shape index (κ1) is 60.3. The smallest absolute Gasteiger partial charge is 0.475 e. The number of nitriles is 1. The molecule has 0 N–H and O–H groups in total. The van der Waals surface area contributed by atoms with Gasteiger partial charge in [0.1, 0.15) is 22.8 Å². The van der Waals surface area contributed by atoms with E-state index in [0.717, 1.165) is 44.4 Å². The maximum absolute atomic E-state index is 15.0. The Balaban J connectivity index is 0.970. The number of hydrogen-bond acceptors (Lipinski definition) is 18. The zero-order valence-electron chi connectivity index (χ0n) is 48.8. The van der Waals surface area contributed by atoms with Gasteiger partial charge in [-0.3, -0.25) is 37.5 Å². The van der Waals surface area contributed by atoms with Gasteiger partial charge in [-0.2, -0.15) is 5.26 Å². The van der Waals surface area contributed by atoms with Crippen molar-refractivity contribution < 1.29 is 80.0 Å². The molecule has 9 rings (SSSR count). The molecule has 3 fully saturated rings. The first-order valence-electron chi connectivity index (χ1n) is 28.9. The van der Waals surface area contributed by atoms with Gasteiger partial charge in [-0.1, -0.05) is 77.7 Å². The number of hydrogen-bond donors (Lipinski definition) is 0. The van der Waals surface area contributed by atoms with Gasteiger partial charge in [0.15, 0.2) is 41.3 Å². The number of ether oxygens (including phenoxy) is 8. The van der Waals surface area contributed by atoms with E-state index >= 15 is 4.57 Å². The molecule has 2 heterocycles. The second-order valence-corrected chi connectivity index (χ2v) is 25.7. The minimum atomic E-state index is -4.42. The fourth-order valence-corrected chi connectivity index (χ4v) is 16.0. The van der Waals surface area contributed by atoms with Crippen molar-refractivity contribution in [2.75, 3.05) is 20.3 Å². The lowest BCUT2D eigenvalue weighted by atomic mass is 9.47. The number of esters is 4. The molecule has 0 spiro atoms. The van der Waals surface area contributed by atoms with Crippen molar-refractivity contribution in [2.45, 2.75) is 170 Å². The summed E-state index contributed by atoms with van der Waals surface area (Å²) >= 11 is 0. The van der Waals surface area contributed by atoms with Crippen molar-refractivity contribution >= 4 is 37.5 Å². The lowest BCUT2D eigenvalue weighted by molar-refractivity contribution is -0.149. The van der Waals surface area contributed by atoms with Gasteiger partial charge >= 0.3 is 31.7 Å². The summed E-state index contributed by atoms with van der Waals surface area (Å²) < 4.78 is 80.8. The van der Waals surface area contributed by atoms with Gasteiger partial charge in [0, 0.05) is 51.0 Å². The highest BCUT2D eigenvalue weighted by Gasteiger charge is 2.59. The van der Waals surface area contributed by atoms with Gasteiger partial charge < -0.3 is 37.9 Å². The topological polar surface area (TPSA) is 228 Å². The van der Waals surface area contributed by atoms with Crippen LogP contribution in [0.5, 0.6) is 40.2 Å². The van der Waals surface area contributed by atoms with Crippen molar-refractivity contribution in [2.24, 2.45) is 46.3 Å². The summed E-state index contributed by atoms with van der Waals surface area (Å²) in [5.41, 5.74) is 2.20. The molecule has 82 heavy (non-hydrogen) atoms. The number of allylic oxidation sites excluding steroid dienone is 1. The lowest BCUT2D eigenvalue weighted by Gasteiger charge is -2.58. The normalized spacial score (nSPS) is 28.9. The fourth-order valence-electron chi connectivity index (χ4n) is 14.6. The first-order chi connectivity index (χ1) is 39.0. The van der Waals surface area contributed by atoms with E-state index in [1.807, 2.05) is 6.07 Å². The number of ketones is 1. The van der Waals surface area contributed by atoms with E-state index in [1.165, 1.54) is 95.7 Å². The largest absolute Gasteiger partial charge is 0.493 e. The van der Waals surface area contributed by atoms with Crippen LogP contribution in [0.3, 0.4) is 0 Å². The van der Waals surface area contributed by atoms with Gasteiger partial charge in [-0.05, 0) is 122 Å². The molecular weight excluding hydrogens is 1070 g/mol. The SMILES string of the molecule is COc1cc(C2Oc3cc([C@H]4Oc5cc(OC(C)=O)cc(OC(C)=O)c5C(=O)[C@@H]4OC(C)=O)ccc3OC2COP(=O)(OCCC#N)O[C@H]2CC[C@@]3(C)C(=CC[C@H]4[C@@H]5CC[C@H]([C@H](C)CCCC(C)C)[C@@]5(C)CC[C@@H]43)C2)ccc1OC(C)=O. The van der Waals surface area contributed by atoms with Crippen molar-refractivity contribution in [3.05, 3.63) is 76.9 Å². The minimum absolute atomic E-state index is 0.00850. The van der Waals surface area contributed by atoms with Crippen molar-refractivity contribution in [3.63, 3.8) is 0 Å². The molecule has 0 aromatic heterocycles. The summed E-state index contributed by atoms with van der Waals surface area (Å²) in [6.45, 7) is 16.3. The van der Waals surface area contributed by atoms with Crippen LogP contribution in [0.1, 0.15) is 173 Å². The number of carbonyl (C=O) groups is 5. The Morgan fingerprint density at radius 1 is 0.756 bits per heavy atom. The highest BCUT2D eigenvalue weighted by molar-refractivity contribution is 7.48. The van der Waals surface area contributed by atoms with Gasteiger partial charge in [0.2, 0.25) is 11.9 Å². The summed E-state index contributed by atoms with van der Waals surface area (Å²) in [5, 5.41) is 9.53. The van der Waals surface area contributed by atoms with Crippen LogP contribution < -0.4 is 33.2 Å². The number of carbonyl (C=O) groups excluding carboxylic acids is 5. The first-order valence-corrected chi connectivity index (χ1v) is 30.4. The summed E-state index contributed by atoms with van der Waals surface area (Å²) in [6.07, 6.45) is 8.94. The number of phosphoric acid groups is 1. The number of rotatable bonds is 20. The second kappa shape index (κ2) is 24.9. The van der Waals surface area contributed by atoms with Gasteiger partial charge in [0.05, 0.1) is 38.9 Å². The van der Waals surface area contributed by atoms with Crippen molar-refractivity contribution in [3.8, 4) is 46.3 Å². The van der Waals surface area contributed by atoms with Gasteiger partial charge in [-0.25, -0.2) is 4.57 Å². The number of benzene rings is 3. The van der Waals surface area contributed by atoms with E-state index < -0.39 is 74.6 Å². The summed E-state index contributed by atoms with van der Waals surface area (Å²) in [4.78, 5) is 63.2. The molecule has 13 atom stereocenters. The van der Waals surface area contributed by atoms with Crippen LogP contribution in [0.25, 0.3) is 0 Å². The quantitative estimate of drug-likeness (QED) is 0.0337. The number of nitrogens with zero attached hydrogens (tertiary/aromatic N) is 1. The van der Waals surface area contributed by atoms with Gasteiger partial charge in [-0.15, -0.1) is 0 Å². The third-order valence-electron chi connectivity index (χ3n) is 18.2. The molecule has 4 aliphatic carbocycles. The Hall–Kier alpha value is -6.25. The van der Waals surface area contributed by atoms with Crippen LogP contribution in [0.4, 0.5) is 0 Å². The maximum atomic E-state index is 15.0. The Bertz CT molecular complexity index is 3060.